The summed E-state index contributed by atoms with van der Waals surface area (Å²) < 4.78 is 6.55. The number of rotatable bonds is 6. The zero-order valence-electron chi connectivity index (χ0n) is 15.9. The number of ether oxygens (including phenoxy) is 1. The smallest absolute Gasteiger partial charge is 0.257 e. The fraction of sp³-hybridized carbons (Fsp3) is 0.130. The minimum atomic E-state index is -0.285. The van der Waals surface area contributed by atoms with Crippen LogP contribution in [0, 0.1) is 6.92 Å². The van der Waals surface area contributed by atoms with Crippen LogP contribution in [-0.2, 0) is 6.42 Å². The average Bonchev–Trinajstić information content (AvgIpc) is 2.70. The van der Waals surface area contributed by atoms with E-state index in [0.717, 1.165) is 22.1 Å². The first-order valence-electron chi connectivity index (χ1n) is 9.16. The standard InChI is InChI=1S/C23H21BrN2O2S/c1-16-6-5-9-19(14-16)25-23(29)26-22(27)18-10-11-21(20(24)15-18)28-13-12-17-7-3-2-4-8-17/h2-11,14-15H,12-13H2,1H3,(H2,25,26,27,29). The minimum absolute atomic E-state index is 0.250. The molecule has 0 saturated heterocycles. The number of hydrogen-bond acceptors (Lipinski definition) is 3. The number of thiocarbonyl (C=S) groups is 1. The minimum Gasteiger partial charge on any atom is -0.492 e. The van der Waals surface area contributed by atoms with Gasteiger partial charge in [-0.2, -0.15) is 0 Å². The molecule has 4 nitrogen and oxygen atoms in total. The van der Waals surface area contributed by atoms with Gasteiger partial charge in [0.15, 0.2) is 5.11 Å². The van der Waals surface area contributed by atoms with Crippen molar-refractivity contribution in [1.82, 2.24) is 5.32 Å². The Balaban J connectivity index is 1.54. The molecule has 0 radical (unpaired) electrons. The second-order valence-corrected chi connectivity index (χ2v) is 7.77. The lowest BCUT2D eigenvalue weighted by molar-refractivity contribution is 0.0977. The lowest BCUT2D eigenvalue weighted by atomic mass is 10.2. The lowest BCUT2D eigenvalue weighted by Crippen LogP contribution is -2.34. The molecule has 0 heterocycles. The van der Waals surface area contributed by atoms with Gasteiger partial charge in [-0.1, -0.05) is 42.5 Å². The van der Waals surface area contributed by atoms with Crippen molar-refractivity contribution in [3.63, 3.8) is 0 Å². The van der Waals surface area contributed by atoms with E-state index in [1.54, 1.807) is 18.2 Å². The maximum atomic E-state index is 12.5. The molecule has 29 heavy (non-hydrogen) atoms. The van der Waals surface area contributed by atoms with Gasteiger partial charge in [0, 0.05) is 17.7 Å². The maximum Gasteiger partial charge on any atom is 0.257 e. The van der Waals surface area contributed by atoms with Gasteiger partial charge in [0.1, 0.15) is 5.75 Å². The highest BCUT2D eigenvalue weighted by Crippen LogP contribution is 2.26. The van der Waals surface area contributed by atoms with Crippen LogP contribution in [0.15, 0.2) is 77.3 Å². The summed E-state index contributed by atoms with van der Waals surface area (Å²) >= 11 is 8.71. The van der Waals surface area contributed by atoms with Crippen molar-refractivity contribution in [2.24, 2.45) is 0 Å². The van der Waals surface area contributed by atoms with E-state index in [1.807, 2.05) is 49.4 Å². The predicted octanol–water partition coefficient (Wildman–Crippen LogP) is 5.51. The first-order chi connectivity index (χ1) is 14.0. The SMILES string of the molecule is Cc1cccc(NC(=S)NC(=O)c2ccc(OCCc3ccccc3)c(Br)c2)c1. The summed E-state index contributed by atoms with van der Waals surface area (Å²) in [6, 6.07) is 23.1. The van der Waals surface area contributed by atoms with E-state index in [2.05, 4.69) is 38.7 Å². The van der Waals surface area contributed by atoms with Crippen LogP contribution in [0.25, 0.3) is 0 Å². The van der Waals surface area contributed by atoms with Crippen molar-refractivity contribution in [3.8, 4) is 5.75 Å². The second-order valence-electron chi connectivity index (χ2n) is 6.51. The third kappa shape index (κ3) is 6.41. The number of anilines is 1. The maximum absolute atomic E-state index is 12.5. The molecule has 0 unspecified atom stereocenters. The van der Waals surface area contributed by atoms with E-state index >= 15 is 0 Å². The molecule has 148 valence electrons. The normalized spacial score (nSPS) is 10.3. The van der Waals surface area contributed by atoms with Gasteiger partial charge < -0.3 is 10.1 Å². The number of carbonyl (C=O) groups is 1. The van der Waals surface area contributed by atoms with Gasteiger partial charge in [0.2, 0.25) is 0 Å². The zero-order valence-corrected chi connectivity index (χ0v) is 18.3. The summed E-state index contributed by atoms with van der Waals surface area (Å²) in [5.74, 6) is 0.407. The Morgan fingerprint density at radius 2 is 1.83 bits per heavy atom. The first-order valence-corrected chi connectivity index (χ1v) is 10.4. The van der Waals surface area contributed by atoms with Crippen LogP contribution in [0.3, 0.4) is 0 Å². The molecule has 3 rings (SSSR count). The molecule has 0 atom stereocenters. The van der Waals surface area contributed by atoms with Crippen molar-refractivity contribution < 1.29 is 9.53 Å². The molecule has 0 fully saturated rings. The molecule has 0 aliphatic heterocycles. The van der Waals surface area contributed by atoms with Crippen LogP contribution in [-0.4, -0.2) is 17.6 Å². The number of halogens is 1. The molecule has 0 aromatic heterocycles. The average molecular weight is 469 g/mol. The highest BCUT2D eigenvalue weighted by molar-refractivity contribution is 9.10. The Bertz CT molecular complexity index is 1010. The third-order valence-corrected chi connectivity index (χ3v) is 5.01. The van der Waals surface area contributed by atoms with Gasteiger partial charge in [-0.15, -0.1) is 0 Å². The molecular weight excluding hydrogens is 448 g/mol. The topological polar surface area (TPSA) is 50.4 Å². The molecule has 0 aliphatic carbocycles. The quantitative estimate of drug-likeness (QED) is 0.468. The number of aryl methyl sites for hydroxylation is 1. The van der Waals surface area contributed by atoms with Crippen molar-refractivity contribution in [1.29, 1.82) is 0 Å². The number of carbonyl (C=O) groups excluding carboxylic acids is 1. The van der Waals surface area contributed by atoms with E-state index < -0.39 is 0 Å². The Labute approximate surface area is 184 Å². The summed E-state index contributed by atoms with van der Waals surface area (Å²) in [6.45, 7) is 2.55. The molecule has 6 heteroatoms. The molecule has 2 N–H and O–H groups in total. The van der Waals surface area contributed by atoms with Crippen LogP contribution in [0.1, 0.15) is 21.5 Å². The van der Waals surface area contributed by atoms with Gasteiger partial charge in [-0.3, -0.25) is 10.1 Å². The van der Waals surface area contributed by atoms with Crippen LogP contribution in [0.2, 0.25) is 0 Å². The molecule has 3 aromatic rings. The van der Waals surface area contributed by atoms with Crippen LogP contribution in [0.5, 0.6) is 5.75 Å². The van der Waals surface area contributed by atoms with E-state index in [4.69, 9.17) is 17.0 Å². The molecule has 3 aromatic carbocycles. The fourth-order valence-electron chi connectivity index (χ4n) is 2.74. The highest BCUT2D eigenvalue weighted by atomic mass is 79.9. The largest absolute Gasteiger partial charge is 0.492 e. The summed E-state index contributed by atoms with van der Waals surface area (Å²) in [7, 11) is 0. The van der Waals surface area contributed by atoms with Crippen LogP contribution < -0.4 is 15.4 Å². The van der Waals surface area contributed by atoms with E-state index in [1.165, 1.54) is 5.56 Å². The van der Waals surface area contributed by atoms with Gasteiger partial charge in [-0.25, -0.2) is 0 Å². The molecular formula is C23H21BrN2O2S. The monoisotopic (exact) mass is 468 g/mol. The Kier molecular flexibility index (Phi) is 7.38. The van der Waals surface area contributed by atoms with E-state index in [9.17, 15) is 4.79 Å². The van der Waals surface area contributed by atoms with Crippen molar-refractivity contribution in [3.05, 3.63) is 94.0 Å². The number of benzene rings is 3. The summed E-state index contributed by atoms with van der Waals surface area (Å²) in [5.41, 5.74) is 3.64. The number of amides is 1. The molecule has 0 spiro atoms. The summed E-state index contributed by atoms with van der Waals surface area (Å²) in [5, 5.41) is 5.96. The number of nitrogens with one attached hydrogen (secondary N) is 2. The summed E-state index contributed by atoms with van der Waals surface area (Å²) in [6.07, 6.45) is 0.814. The van der Waals surface area contributed by atoms with Crippen LogP contribution >= 0.6 is 28.1 Å². The first kappa shape index (κ1) is 21.0. The third-order valence-electron chi connectivity index (χ3n) is 4.19. The van der Waals surface area contributed by atoms with Crippen molar-refractivity contribution in [2.45, 2.75) is 13.3 Å². The molecule has 0 saturated carbocycles. The van der Waals surface area contributed by atoms with Gasteiger partial charge in [0.05, 0.1) is 11.1 Å². The van der Waals surface area contributed by atoms with Crippen LogP contribution in [0.4, 0.5) is 5.69 Å². The van der Waals surface area contributed by atoms with E-state index in [0.29, 0.717) is 17.9 Å². The Morgan fingerprint density at radius 3 is 2.55 bits per heavy atom. The summed E-state index contributed by atoms with van der Waals surface area (Å²) in [4.78, 5) is 12.5. The highest BCUT2D eigenvalue weighted by Gasteiger charge is 2.11. The Morgan fingerprint density at radius 1 is 1.03 bits per heavy atom. The van der Waals surface area contributed by atoms with Gasteiger partial charge in [-0.05, 0) is 76.5 Å². The fourth-order valence-corrected chi connectivity index (χ4v) is 3.45. The number of hydrogen-bond donors (Lipinski definition) is 2. The van der Waals surface area contributed by atoms with E-state index in [-0.39, 0.29) is 11.0 Å². The molecule has 0 aliphatic rings. The van der Waals surface area contributed by atoms with Crippen molar-refractivity contribution >= 4 is 44.9 Å². The molecule has 0 bridgehead atoms. The zero-order chi connectivity index (χ0) is 20.6. The van der Waals surface area contributed by atoms with Gasteiger partial charge >= 0.3 is 0 Å². The van der Waals surface area contributed by atoms with Crippen molar-refractivity contribution in [2.75, 3.05) is 11.9 Å². The molecule has 1 amide bonds. The second kappa shape index (κ2) is 10.2. The predicted molar refractivity (Wildman–Crippen MR) is 125 cm³/mol. The lowest BCUT2D eigenvalue weighted by Gasteiger charge is -2.12. The Hall–Kier alpha value is -2.70. The van der Waals surface area contributed by atoms with Gasteiger partial charge in [0.25, 0.3) is 5.91 Å².